The molecule has 0 bridgehead atoms. The number of benzene rings is 1. The van der Waals surface area contributed by atoms with Crippen LogP contribution in [0.2, 0.25) is 0 Å². The van der Waals surface area contributed by atoms with E-state index in [4.69, 9.17) is 0 Å². The fourth-order valence-corrected chi connectivity index (χ4v) is 5.79. The molecule has 0 radical (unpaired) electrons. The van der Waals surface area contributed by atoms with Crippen LogP contribution >= 0.6 is 11.3 Å². The van der Waals surface area contributed by atoms with E-state index in [9.17, 15) is 19.5 Å². The second-order valence-electron chi connectivity index (χ2n) is 10.7. The van der Waals surface area contributed by atoms with Crippen LogP contribution in [0.1, 0.15) is 61.0 Å². The van der Waals surface area contributed by atoms with Crippen molar-refractivity contribution in [2.75, 3.05) is 20.6 Å². The van der Waals surface area contributed by atoms with Crippen LogP contribution < -0.4 is 10.9 Å². The summed E-state index contributed by atoms with van der Waals surface area (Å²) in [5.74, 6) is -1.20. The molecule has 1 amide bonds. The van der Waals surface area contributed by atoms with E-state index in [-0.39, 0.29) is 23.8 Å². The van der Waals surface area contributed by atoms with Crippen LogP contribution in [0.25, 0.3) is 10.4 Å². The third-order valence-corrected chi connectivity index (χ3v) is 7.59. The minimum Gasteiger partial charge on any atom is -0.481 e. The largest absolute Gasteiger partial charge is 0.481 e. The van der Waals surface area contributed by atoms with Gasteiger partial charge in [-0.25, -0.2) is 0 Å². The number of carbonyl (C=O) groups excluding carboxylic acids is 1. The molecule has 2 N–H and O–H groups in total. The summed E-state index contributed by atoms with van der Waals surface area (Å²) in [6.07, 6.45) is 2.73. The van der Waals surface area contributed by atoms with Gasteiger partial charge in [0.1, 0.15) is 6.04 Å². The third-order valence-electron chi connectivity index (χ3n) is 6.63. The second kappa shape index (κ2) is 13.0. The van der Waals surface area contributed by atoms with Crippen LogP contribution in [0, 0.1) is 19.8 Å². The van der Waals surface area contributed by atoms with Crippen molar-refractivity contribution in [1.82, 2.24) is 14.8 Å². The average Bonchev–Trinajstić information content (AvgIpc) is 3.31. The maximum atomic E-state index is 13.7. The number of carbonyl (C=O) groups is 2. The number of aromatic nitrogens is 1. The van der Waals surface area contributed by atoms with Gasteiger partial charge in [0, 0.05) is 23.7 Å². The van der Waals surface area contributed by atoms with Crippen molar-refractivity contribution in [3.8, 4) is 10.4 Å². The minimum atomic E-state index is -1.00. The van der Waals surface area contributed by atoms with E-state index >= 15 is 0 Å². The van der Waals surface area contributed by atoms with Crippen LogP contribution in [0.4, 0.5) is 0 Å². The van der Waals surface area contributed by atoms with Crippen molar-refractivity contribution in [3.05, 3.63) is 80.6 Å². The predicted molar refractivity (Wildman–Crippen MR) is 154 cm³/mol. The zero-order valence-corrected chi connectivity index (χ0v) is 24.0. The van der Waals surface area contributed by atoms with Crippen molar-refractivity contribution in [2.24, 2.45) is 5.92 Å². The van der Waals surface area contributed by atoms with E-state index in [1.54, 1.807) is 12.3 Å². The number of nitrogens with one attached hydrogen (secondary N) is 1. The number of thiophene rings is 1. The lowest BCUT2D eigenvalue weighted by molar-refractivity contribution is -0.138. The van der Waals surface area contributed by atoms with Gasteiger partial charge in [0.05, 0.1) is 12.5 Å². The predicted octanol–water partition coefficient (Wildman–Crippen LogP) is 5.22. The molecule has 0 fully saturated rings. The normalized spacial score (nSPS) is 13.1. The Balaban J connectivity index is 1.93. The lowest BCUT2D eigenvalue weighted by atomic mass is 9.98. The van der Waals surface area contributed by atoms with Crippen molar-refractivity contribution in [1.29, 1.82) is 0 Å². The van der Waals surface area contributed by atoms with Gasteiger partial charge in [0.15, 0.2) is 0 Å². The monoisotopic (exact) mass is 537 g/mol. The summed E-state index contributed by atoms with van der Waals surface area (Å²) < 4.78 is 1.51. The molecule has 38 heavy (non-hydrogen) atoms. The molecule has 7 nitrogen and oxygen atoms in total. The molecule has 204 valence electrons. The van der Waals surface area contributed by atoms with Crippen LogP contribution in [-0.4, -0.2) is 47.1 Å². The van der Waals surface area contributed by atoms with Crippen LogP contribution in [0.3, 0.4) is 0 Å². The zero-order chi connectivity index (χ0) is 28.0. The lowest BCUT2D eigenvalue weighted by Gasteiger charge is -2.25. The number of hydrogen-bond donors (Lipinski definition) is 2. The van der Waals surface area contributed by atoms with Gasteiger partial charge >= 0.3 is 5.97 Å². The van der Waals surface area contributed by atoms with Gasteiger partial charge < -0.3 is 19.9 Å². The van der Waals surface area contributed by atoms with E-state index in [1.165, 1.54) is 22.0 Å². The topological polar surface area (TPSA) is 91.6 Å². The van der Waals surface area contributed by atoms with E-state index in [2.05, 4.69) is 36.2 Å². The molecule has 3 rings (SSSR count). The van der Waals surface area contributed by atoms with E-state index in [1.807, 2.05) is 45.5 Å². The smallest absolute Gasteiger partial charge is 0.305 e. The highest BCUT2D eigenvalue weighted by Gasteiger charge is 2.27. The Labute approximate surface area is 229 Å². The Morgan fingerprint density at radius 3 is 2.39 bits per heavy atom. The first-order valence-corrected chi connectivity index (χ1v) is 13.9. The minimum absolute atomic E-state index is 0.151. The van der Waals surface area contributed by atoms with E-state index in [0.717, 1.165) is 45.7 Å². The molecule has 8 heteroatoms. The molecular weight excluding hydrogens is 498 g/mol. The molecule has 0 aliphatic heterocycles. The maximum absolute atomic E-state index is 13.7. The van der Waals surface area contributed by atoms with Crippen molar-refractivity contribution >= 4 is 23.2 Å². The van der Waals surface area contributed by atoms with Crippen molar-refractivity contribution < 1.29 is 14.7 Å². The van der Waals surface area contributed by atoms with Crippen molar-refractivity contribution in [2.45, 2.75) is 59.0 Å². The molecule has 0 spiro atoms. The molecule has 3 aromatic rings. The van der Waals surface area contributed by atoms with Crippen LogP contribution in [-0.2, 0) is 16.0 Å². The summed E-state index contributed by atoms with van der Waals surface area (Å²) in [7, 11) is 3.98. The standard InChI is InChI=1S/C30H39N3O4S/c1-19(2)14-25(33-17-22(10-11-27(33)34)12-13-32(5)6)30(37)31-24(16-28(35)36)23-15-26(38-18-23)29-20(3)8-7-9-21(29)4/h7-11,15,17-19,24-25H,12-14,16H2,1-6H3,(H,31,37)(H,35,36)/t24-,25+/m0/s1. The zero-order valence-electron chi connectivity index (χ0n) is 23.2. The highest BCUT2D eigenvalue weighted by atomic mass is 32.1. The van der Waals surface area contributed by atoms with Gasteiger partial charge in [0.25, 0.3) is 5.56 Å². The van der Waals surface area contributed by atoms with Gasteiger partial charge in [0.2, 0.25) is 5.91 Å². The number of rotatable bonds is 12. The van der Waals surface area contributed by atoms with Gasteiger partial charge in [-0.15, -0.1) is 11.3 Å². The number of amides is 1. The summed E-state index contributed by atoms with van der Waals surface area (Å²) in [4.78, 5) is 41.4. The first-order valence-electron chi connectivity index (χ1n) is 13.0. The number of hydrogen-bond acceptors (Lipinski definition) is 5. The first kappa shape index (κ1) is 29.3. The first-order chi connectivity index (χ1) is 18.0. The second-order valence-corrected chi connectivity index (χ2v) is 11.6. The molecular formula is C30H39N3O4S. The van der Waals surface area contributed by atoms with E-state index < -0.39 is 18.1 Å². The van der Waals surface area contributed by atoms with Crippen LogP contribution in [0.5, 0.6) is 0 Å². The number of aryl methyl sites for hydroxylation is 2. The highest BCUT2D eigenvalue weighted by molar-refractivity contribution is 7.13. The lowest BCUT2D eigenvalue weighted by Crippen LogP contribution is -2.40. The maximum Gasteiger partial charge on any atom is 0.305 e. The molecule has 1 aromatic carbocycles. The molecule has 2 atom stereocenters. The van der Waals surface area contributed by atoms with Crippen LogP contribution in [0.15, 0.2) is 52.8 Å². The Kier molecular flexibility index (Phi) is 10.1. The van der Waals surface area contributed by atoms with Gasteiger partial charge in [-0.05, 0) is 86.0 Å². The number of aliphatic carboxylic acids is 1. The Morgan fingerprint density at radius 1 is 1.11 bits per heavy atom. The summed E-state index contributed by atoms with van der Waals surface area (Å²) in [5.41, 5.74) is 4.88. The molecule has 2 aromatic heterocycles. The van der Waals surface area contributed by atoms with Crippen molar-refractivity contribution in [3.63, 3.8) is 0 Å². The SMILES string of the molecule is Cc1cccc(C)c1-c1cc([C@H](CC(=O)O)NC(=O)[C@@H](CC(C)C)n2cc(CCN(C)C)ccc2=O)cs1. The highest BCUT2D eigenvalue weighted by Crippen LogP contribution is 2.35. The molecule has 0 aliphatic carbocycles. The summed E-state index contributed by atoms with van der Waals surface area (Å²) in [6, 6.07) is 9.96. The molecule has 0 saturated heterocycles. The van der Waals surface area contributed by atoms with E-state index in [0.29, 0.717) is 6.42 Å². The average molecular weight is 538 g/mol. The Morgan fingerprint density at radius 2 is 1.79 bits per heavy atom. The fourth-order valence-electron chi connectivity index (χ4n) is 4.65. The number of pyridine rings is 1. The Hall–Kier alpha value is -3.23. The Bertz CT molecular complexity index is 1300. The number of nitrogens with zero attached hydrogens (tertiary/aromatic N) is 2. The summed E-state index contributed by atoms with van der Waals surface area (Å²) in [6.45, 7) is 8.94. The third kappa shape index (κ3) is 7.65. The summed E-state index contributed by atoms with van der Waals surface area (Å²) >= 11 is 1.54. The fraction of sp³-hybridized carbons (Fsp3) is 0.433. The van der Waals surface area contributed by atoms with Gasteiger partial charge in [-0.2, -0.15) is 0 Å². The quantitative estimate of drug-likeness (QED) is 0.331. The number of carboxylic acids is 1. The molecule has 0 unspecified atom stereocenters. The van der Waals surface area contributed by atoms with Gasteiger partial charge in [-0.1, -0.05) is 38.1 Å². The molecule has 0 aliphatic rings. The molecule has 0 saturated carbocycles. The number of likely N-dealkylation sites (N-methyl/N-ethyl adjacent to an activating group) is 1. The van der Waals surface area contributed by atoms with Gasteiger partial charge in [-0.3, -0.25) is 14.4 Å². The summed E-state index contributed by atoms with van der Waals surface area (Å²) in [5, 5.41) is 14.5. The molecule has 2 heterocycles. The number of carboxylic acid groups (broad SMARTS) is 1.